The van der Waals surface area contributed by atoms with Crippen molar-refractivity contribution in [3.05, 3.63) is 29.8 Å². The monoisotopic (exact) mass is 315 g/mol. The predicted molar refractivity (Wildman–Crippen MR) is 85.2 cm³/mol. The van der Waals surface area contributed by atoms with Crippen LogP contribution in [0.2, 0.25) is 0 Å². The molecular weight excluding hydrogens is 294 g/mol. The lowest BCUT2D eigenvalue weighted by molar-refractivity contribution is -0.121. The highest BCUT2D eigenvalue weighted by atomic mass is 16.5. The zero-order valence-corrected chi connectivity index (χ0v) is 13.1. The normalized spacial score (nSPS) is 24.5. The molecule has 4 rings (SSSR count). The largest absolute Gasteiger partial charge is 0.379 e. The highest BCUT2D eigenvalue weighted by molar-refractivity contribution is 6.08. The Bertz CT molecular complexity index is 627. The summed E-state index contributed by atoms with van der Waals surface area (Å²) in [6.07, 6.45) is 1.69. The summed E-state index contributed by atoms with van der Waals surface area (Å²) in [4.78, 5) is 31.4. The lowest BCUT2D eigenvalue weighted by Gasteiger charge is -2.41. The third kappa shape index (κ3) is 2.52. The van der Waals surface area contributed by atoms with E-state index in [0.29, 0.717) is 25.3 Å². The maximum atomic E-state index is 13.0. The van der Waals surface area contributed by atoms with E-state index < -0.39 is 0 Å². The van der Waals surface area contributed by atoms with Gasteiger partial charge in [-0.1, -0.05) is 12.1 Å². The average Bonchev–Trinajstić information content (AvgIpc) is 3.06. The number of nitrogens with zero attached hydrogens (tertiary/aromatic N) is 3. The summed E-state index contributed by atoms with van der Waals surface area (Å²) < 4.78 is 5.35. The van der Waals surface area contributed by atoms with Gasteiger partial charge in [0.25, 0.3) is 5.91 Å². The number of hydrogen-bond donors (Lipinski definition) is 0. The van der Waals surface area contributed by atoms with Crippen molar-refractivity contribution in [2.75, 3.05) is 44.3 Å². The highest BCUT2D eigenvalue weighted by Crippen LogP contribution is 2.35. The molecule has 0 N–H and O–H groups in total. The number of fused-ring (bicyclic) bond motifs is 2. The van der Waals surface area contributed by atoms with E-state index in [2.05, 4.69) is 4.90 Å². The summed E-state index contributed by atoms with van der Waals surface area (Å²) in [5.41, 5.74) is 1.40. The fourth-order valence-electron chi connectivity index (χ4n) is 3.76. The lowest BCUT2D eigenvalue weighted by atomic mass is 10.1. The van der Waals surface area contributed by atoms with Gasteiger partial charge in [-0.05, 0) is 25.0 Å². The standard InChI is InChI=1S/C17H21N3O3/c21-16(12-18-8-10-23-11-9-18)20-14-5-2-1-4-13(14)17(22)19-7-3-6-15(19)20/h1-2,4-5,15H,3,6-12H2. The van der Waals surface area contributed by atoms with Crippen molar-refractivity contribution in [2.45, 2.75) is 19.0 Å². The van der Waals surface area contributed by atoms with Crippen LogP contribution in [0.4, 0.5) is 5.69 Å². The second kappa shape index (κ2) is 5.94. The number of amides is 2. The smallest absolute Gasteiger partial charge is 0.257 e. The average molecular weight is 315 g/mol. The Labute approximate surface area is 135 Å². The zero-order valence-electron chi connectivity index (χ0n) is 13.1. The molecule has 0 saturated carbocycles. The van der Waals surface area contributed by atoms with E-state index in [1.54, 1.807) is 0 Å². The maximum absolute atomic E-state index is 13.0. The van der Waals surface area contributed by atoms with Crippen LogP contribution in [0.15, 0.2) is 24.3 Å². The Morgan fingerprint density at radius 3 is 2.78 bits per heavy atom. The van der Waals surface area contributed by atoms with Gasteiger partial charge in [-0.2, -0.15) is 0 Å². The van der Waals surface area contributed by atoms with Gasteiger partial charge in [0.15, 0.2) is 0 Å². The molecule has 6 heteroatoms. The number of anilines is 1. The molecule has 122 valence electrons. The molecule has 1 aromatic carbocycles. The Morgan fingerprint density at radius 2 is 1.96 bits per heavy atom. The predicted octanol–water partition coefficient (Wildman–Crippen LogP) is 0.927. The van der Waals surface area contributed by atoms with Crippen molar-refractivity contribution in [2.24, 2.45) is 0 Å². The van der Waals surface area contributed by atoms with Gasteiger partial charge in [0, 0.05) is 19.6 Å². The molecule has 0 radical (unpaired) electrons. The number of benzene rings is 1. The molecule has 2 saturated heterocycles. The van der Waals surface area contributed by atoms with Crippen LogP contribution in [-0.2, 0) is 9.53 Å². The van der Waals surface area contributed by atoms with Crippen LogP contribution in [0.3, 0.4) is 0 Å². The minimum absolute atomic E-state index is 0.0542. The first-order valence-corrected chi connectivity index (χ1v) is 8.28. The van der Waals surface area contributed by atoms with Crippen LogP contribution in [0.25, 0.3) is 0 Å². The summed E-state index contributed by atoms with van der Waals surface area (Å²) in [6.45, 7) is 4.05. The Kier molecular flexibility index (Phi) is 3.79. The lowest BCUT2D eigenvalue weighted by Crippen LogP contribution is -2.56. The molecule has 1 atom stereocenters. The third-order valence-electron chi connectivity index (χ3n) is 4.91. The minimum Gasteiger partial charge on any atom is -0.379 e. The second-order valence-electron chi connectivity index (χ2n) is 6.29. The van der Waals surface area contributed by atoms with Crippen molar-refractivity contribution in [1.82, 2.24) is 9.80 Å². The second-order valence-corrected chi connectivity index (χ2v) is 6.29. The SMILES string of the molecule is O=C1c2ccccc2N(C(=O)CN2CCOCC2)C2CCCN12. The van der Waals surface area contributed by atoms with Crippen molar-refractivity contribution in [3.63, 3.8) is 0 Å². The Morgan fingerprint density at radius 1 is 1.17 bits per heavy atom. The first-order valence-electron chi connectivity index (χ1n) is 8.28. The number of morpholine rings is 1. The topological polar surface area (TPSA) is 53.1 Å². The van der Waals surface area contributed by atoms with Gasteiger partial charge in [-0.3, -0.25) is 19.4 Å². The van der Waals surface area contributed by atoms with E-state index in [-0.39, 0.29) is 18.0 Å². The summed E-state index contributed by atoms with van der Waals surface area (Å²) in [5.74, 6) is 0.127. The highest BCUT2D eigenvalue weighted by Gasteiger charge is 2.42. The van der Waals surface area contributed by atoms with Gasteiger partial charge in [-0.15, -0.1) is 0 Å². The fraction of sp³-hybridized carbons (Fsp3) is 0.529. The number of rotatable bonds is 2. The van der Waals surface area contributed by atoms with Crippen molar-refractivity contribution in [1.29, 1.82) is 0 Å². The molecule has 3 aliphatic heterocycles. The van der Waals surface area contributed by atoms with Gasteiger partial charge in [0.1, 0.15) is 6.17 Å². The number of ether oxygens (including phenoxy) is 1. The van der Waals surface area contributed by atoms with Gasteiger partial charge in [0.05, 0.1) is 31.0 Å². The summed E-state index contributed by atoms with van der Waals surface area (Å²) >= 11 is 0. The molecule has 6 nitrogen and oxygen atoms in total. The molecule has 0 bridgehead atoms. The van der Waals surface area contributed by atoms with Crippen LogP contribution in [0, 0.1) is 0 Å². The van der Waals surface area contributed by atoms with Gasteiger partial charge in [0.2, 0.25) is 5.91 Å². The van der Waals surface area contributed by atoms with Crippen molar-refractivity contribution in [3.8, 4) is 0 Å². The maximum Gasteiger partial charge on any atom is 0.257 e. The quantitative estimate of drug-likeness (QED) is 0.815. The Hall–Kier alpha value is -1.92. The van der Waals surface area contributed by atoms with Gasteiger partial charge >= 0.3 is 0 Å². The first kappa shape index (κ1) is 14.7. The first-order chi connectivity index (χ1) is 11.3. The molecular formula is C17H21N3O3. The van der Waals surface area contributed by atoms with E-state index in [4.69, 9.17) is 4.74 Å². The molecule has 0 aliphatic carbocycles. The molecule has 0 spiro atoms. The summed E-state index contributed by atoms with van der Waals surface area (Å²) in [7, 11) is 0. The minimum atomic E-state index is -0.119. The van der Waals surface area contributed by atoms with E-state index in [1.165, 1.54) is 0 Å². The van der Waals surface area contributed by atoms with Crippen molar-refractivity contribution >= 4 is 17.5 Å². The molecule has 3 aliphatic rings. The molecule has 1 aromatic rings. The Balaban J connectivity index is 1.63. The third-order valence-corrected chi connectivity index (χ3v) is 4.91. The van der Waals surface area contributed by atoms with E-state index >= 15 is 0 Å². The number of hydrogen-bond acceptors (Lipinski definition) is 4. The van der Waals surface area contributed by atoms with E-state index in [0.717, 1.165) is 38.2 Å². The molecule has 0 aromatic heterocycles. The number of carbonyl (C=O) groups is 2. The molecule has 2 fully saturated rings. The summed E-state index contributed by atoms with van der Waals surface area (Å²) in [6, 6.07) is 7.46. The van der Waals surface area contributed by atoms with E-state index in [9.17, 15) is 9.59 Å². The number of carbonyl (C=O) groups excluding carboxylic acids is 2. The molecule has 23 heavy (non-hydrogen) atoms. The summed E-state index contributed by atoms with van der Waals surface area (Å²) in [5, 5.41) is 0. The van der Waals surface area contributed by atoms with Crippen LogP contribution in [0.1, 0.15) is 23.2 Å². The van der Waals surface area contributed by atoms with Gasteiger partial charge in [-0.25, -0.2) is 0 Å². The zero-order chi connectivity index (χ0) is 15.8. The van der Waals surface area contributed by atoms with Crippen molar-refractivity contribution < 1.29 is 14.3 Å². The molecule has 1 unspecified atom stereocenters. The van der Waals surface area contributed by atoms with Crippen LogP contribution in [-0.4, -0.2) is 67.2 Å². The van der Waals surface area contributed by atoms with Crippen LogP contribution < -0.4 is 4.90 Å². The van der Waals surface area contributed by atoms with Crippen LogP contribution in [0.5, 0.6) is 0 Å². The molecule has 3 heterocycles. The number of para-hydroxylation sites is 1. The molecule has 2 amide bonds. The van der Waals surface area contributed by atoms with Gasteiger partial charge < -0.3 is 9.64 Å². The fourth-order valence-corrected chi connectivity index (χ4v) is 3.76. The van der Waals surface area contributed by atoms with Crippen LogP contribution >= 0.6 is 0 Å². The van der Waals surface area contributed by atoms with E-state index in [1.807, 2.05) is 34.1 Å².